The van der Waals surface area contributed by atoms with E-state index in [0.717, 1.165) is 22.6 Å². The van der Waals surface area contributed by atoms with Gasteiger partial charge in [0.25, 0.3) is 11.5 Å². The van der Waals surface area contributed by atoms with Crippen molar-refractivity contribution < 1.29 is 9.18 Å². The van der Waals surface area contributed by atoms with Crippen molar-refractivity contribution >= 4 is 33.5 Å². The number of rotatable bonds is 2. The van der Waals surface area contributed by atoms with Gasteiger partial charge in [-0.05, 0) is 37.3 Å². The minimum absolute atomic E-state index is 0.191. The summed E-state index contributed by atoms with van der Waals surface area (Å²) in [6, 6.07) is 13.2. The molecule has 6 nitrogen and oxygen atoms in total. The quantitative estimate of drug-likeness (QED) is 0.525. The summed E-state index contributed by atoms with van der Waals surface area (Å²) in [6.07, 6.45) is 0. The number of likely N-dealkylation sites (N-methyl/N-ethyl adjacent to an activating group) is 1. The Balaban J connectivity index is 1.74. The molecule has 138 valence electrons. The molecule has 0 atom stereocenters. The number of aromatic nitrogens is 3. The van der Waals surface area contributed by atoms with Crippen LogP contribution in [-0.2, 0) is 4.79 Å². The highest BCUT2D eigenvalue weighted by atomic mass is 32.1. The van der Waals surface area contributed by atoms with E-state index in [2.05, 4.69) is 10.1 Å². The van der Waals surface area contributed by atoms with Gasteiger partial charge in [-0.1, -0.05) is 29.5 Å². The van der Waals surface area contributed by atoms with Gasteiger partial charge in [-0.15, -0.1) is 5.10 Å². The number of hydrogen-bond donors (Lipinski definition) is 0. The second kappa shape index (κ2) is 6.07. The van der Waals surface area contributed by atoms with Crippen molar-refractivity contribution in [2.24, 2.45) is 0 Å². The molecule has 2 aromatic heterocycles. The van der Waals surface area contributed by atoms with Crippen LogP contribution in [0.2, 0.25) is 0 Å². The highest BCUT2D eigenvalue weighted by Gasteiger charge is 2.33. The summed E-state index contributed by atoms with van der Waals surface area (Å²) in [5.74, 6) is -0.204. The maximum atomic E-state index is 13.1. The van der Waals surface area contributed by atoms with Gasteiger partial charge in [-0.2, -0.15) is 9.50 Å². The summed E-state index contributed by atoms with van der Waals surface area (Å²) in [6.45, 7) is 2.41. The molecule has 0 fully saturated rings. The third-order valence-electron chi connectivity index (χ3n) is 4.73. The van der Waals surface area contributed by atoms with Crippen molar-refractivity contribution in [3.63, 3.8) is 0 Å². The van der Waals surface area contributed by atoms with E-state index in [1.165, 1.54) is 16.6 Å². The maximum absolute atomic E-state index is 13.1. The molecular weight excluding hydrogens is 379 g/mol. The smallest absolute Gasteiger partial charge is 0.291 e. The fraction of sp³-hybridized carbons (Fsp3) is 0.100. The standard InChI is InChI=1S/C20H13FN4O2S/c1-2-24-14-6-4-3-5-13(14)15(18(24)26)16-19(27)25-20(28-16)22-17(23-25)11-7-9-12(21)10-8-11/h3-10H,2H2,1H3/b16-15+. The number of nitrogens with zero attached hydrogens (tertiary/aromatic N) is 4. The van der Waals surface area contributed by atoms with Crippen LogP contribution in [0, 0.1) is 5.82 Å². The first-order chi connectivity index (χ1) is 13.6. The highest BCUT2D eigenvalue weighted by Crippen LogP contribution is 2.34. The van der Waals surface area contributed by atoms with Gasteiger partial charge in [0.1, 0.15) is 10.3 Å². The van der Waals surface area contributed by atoms with Gasteiger partial charge < -0.3 is 4.90 Å². The Hall–Kier alpha value is -3.39. The number of hydrogen-bond acceptors (Lipinski definition) is 5. The molecule has 8 heteroatoms. The fourth-order valence-electron chi connectivity index (χ4n) is 3.42. The normalized spacial score (nSPS) is 15.5. The lowest BCUT2D eigenvalue weighted by atomic mass is 10.1. The minimum atomic E-state index is -0.378. The Morgan fingerprint density at radius 3 is 2.54 bits per heavy atom. The van der Waals surface area contributed by atoms with E-state index in [-0.39, 0.29) is 17.3 Å². The zero-order valence-corrected chi connectivity index (χ0v) is 15.5. The van der Waals surface area contributed by atoms with E-state index in [0.29, 0.717) is 33.0 Å². The van der Waals surface area contributed by atoms with Crippen molar-refractivity contribution in [3.05, 3.63) is 74.8 Å². The number of carbonyl (C=O) groups is 1. The summed E-state index contributed by atoms with van der Waals surface area (Å²) in [7, 11) is 0. The monoisotopic (exact) mass is 392 g/mol. The van der Waals surface area contributed by atoms with Gasteiger partial charge in [0.2, 0.25) is 4.96 Å². The molecule has 0 aliphatic carbocycles. The molecule has 1 amide bonds. The van der Waals surface area contributed by atoms with Crippen molar-refractivity contribution in [2.75, 3.05) is 11.4 Å². The number of halogens is 1. The number of benzene rings is 2. The summed E-state index contributed by atoms with van der Waals surface area (Å²) in [4.78, 5) is 32.4. The molecule has 5 rings (SSSR count). The number of thiazole rings is 1. The van der Waals surface area contributed by atoms with Gasteiger partial charge in [0.15, 0.2) is 5.82 Å². The van der Waals surface area contributed by atoms with E-state index in [1.807, 2.05) is 31.2 Å². The van der Waals surface area contributed by atoms with Crippen LogP contribution in [0.4, 0.5) is 10.1 Å². The SMILES string of the molecule is CCN1C(=O)/C(=c2/sc3nc(-c4ccc(F)cc4)nn3c2=O)c2ccccc21. The van der Waals surface area contributed by atoms with Crippen molar-refractivity contribution in [3.8, 4) is 11.4 Å². The average Bonchev–Trinajstić information content (AvgIpc) is 3.33. The molecule has 0 saturated carbocycles. The fourth-order valence-corrected chi connectivity index (χ4v) is 4.42. The molecule has 28 heavy (non-hydrogen) atoms. The molecule has 3 heterocycles. The molecule has 4 aromatic rings. The van der Waals surface area contributed by atoms with E-state index >= 15 is 0 Å². The number of carbonyl (C=O) groups excluding carboxylic acids is 1. The van der Waals surface area contributed by atoms with Gasteiger partial charge in [0.05, 0.1) is 11.3 Å². The first kappa shape index (κ1) is 16.8. The first-order valence-corrected chi connectivity index (χ1v) is 9.51. The second-order valence-corrected chi connectivity index (χ2v) is 7.29. The molecule has 0 spiro atoms. The second-order valence-electron chi connectivity index (χ2n) is 6.31. The van der Waals surface area contributed by atoms with Gasteiger partial charge in [0, 0.05) is 17.7 Å². The summed E-state index contributed by atoms with van der Waals surface area (Å²) >= 11 is 1.14. The largest absolute Gasteiger partial charge is 0.308 e. The Morgan fingerprint density at radius 2 is 1.82 bits per heavy atom. The van der Waals surface area contributed by atoms with E-state index in [4.69, 9.17) is 0 Å². The zero-order valence-electron chi connectivity index (χ0n) is 14.7. The van der Waals surface area contributed by atoms with Crippen LogP contribution in [0.5, 0.6) is 0 Å². The molecule has 1 aliphatic rings. The van der Waals surface area contributed by atoms with Gasteiger partial charge >= 0.3 is 0 Å². The average molecular weight is 392 g/mol. The maximum Gasteiger partial charge on any atom is 0.291 e. The van der Waals surface area contributed by atoms with Gasteiger partial charge in [-0.25, -0.2) is 4.39 Å². The van der Waals surface area contributed by atoms with Crippen LogP contribution in [0.3, 0.4) is 0 Å². The zero-order chi connectivity index (χ0) is 19.4. The molecular formula is C20H13FN4O2S. The number of fused-ring (bicyclic) bond motifs is 2. The predicted molar refractivity (Wildman–Crippen MR) is 105 cm³/mol. The molecule has 0 radical (unpaired) electrons. The Kier molecular flexibility index (Phi) is 3.63. The van der Waals surface area contributed by atoms with Crippen LogP contribution in [0.1, 0.15) is 12.5 Å². The lowest BCUT2D eigenvalue weighted by Crippen LogP contribution is -2.32. The molecule has 2 aromatic carbocycles. The third kappa shape index (κ3) is 2.31. The van der Waals surface area contributed by atoms with Crippen molar-refractivity contribution in [1.29, 1.82) is 0 Å². The lowest BCUT2D eigenvalue weighted by Gasteiger charge is -2.13. The van der Waals surface area contributed by atoms with Crippen LogP contribution in [-0.4, -0.2) is 27.0 Å². The van der Waals surface area contributed by atoms with Crippen molar-refractivity contribution in [1.82, 2.24) is 14.6 Å². The summed E-state index contributed by atoms with van der Waals surface area (Å²) in [5.41, 5.74) is 2.18. The molecule has 1 aliphatic heterocycles. The Labute approximate surface area is 162 Å². The Morgan fingerprint density at radius 1 is 1.07 bits per heavy atom. The van der Waals surface area contributed by atoms with E-state index in [1.54, 1.807) is 17.0 Å². The van der Waals surface area contributed by atoms with E-state index in [9.17, 15) is 14.0 Å². The lowest BCUT2D eigenvalue weighted by molar-refractivity contribution is -0.113. The summed E-state index contributed by atoms with van der Waals surface area (Å²) < 4.78 is 14.7. The molecule has 0 bridgehead atoms. The van der Waals surface area contributed by atoms with E-state index < -0.39 is 0 Å². The molecule has 0 unspecified atom stereocenters. The topological polar surface area (TPSA) is 67.6 Å². The Bertz CT molecular complexity index is 1360. The minimum Gasteiger partial charge on any atom is -0.308 e. The highest BCUT2D eigenvalue weighted by molar-refractivity contribution is 7.15. The van der Waals surface area contributed by atoms with Crippen molar-refractivity contribution in [2.45, 2.75) is 6.92 Å². The van der Waals surface area contributed by atoms with Crippen LogP contribution >= 0.6 is 11.3 Å². The predicted octanol–water partition coefficient (Wildman–Crippen LogP) is 2.24. The van der Waals surface area contributed by atoms with Crippen LogP contribution in [0.25, 0.3) is 21.9 Å². The first-order valence-electron chi connectivity index (χ1n) is 8.69. The summed E-state index contributed by atoms with van der Waals surface area (Å²) in [5, 5.41) is 4.27. The number of anilines is 1. The molecule has 0 saturated heterocycles. The van der Waals surface area contributed by atoms with Crippen LogP contribution in [0.15, 0.2) is 53.3 Å². The number of para-hydroxylation sites is 1. The molecule has 0 N–H and O–H groups in total. The van der Waals surface area contributed by atoms with Gasteiger partial charge in [-0.3, -0.25) is 9.59 Å². The number of amides is 1. The third-order valence-corrected chi connectivity index (χ3v) is 5.76. The van der Waals surface area contributed by atoms with Crippen LogP contribution < -0.4 is 15.0 Å².